The number of carbonyl (C=O) groups excluding carboxylic acids is 2. The Bertz CT molecular complexity index is 808. The summed E-state index contributed by atoms with van der Waals surface area (Å²) in [6.45, 7) is 2.73. The molecular weight excluding hydrogens is 382 g/mol. The van der Waals surface area contributed by atoms with Crippen LogP contribution >= 0.6 is 0 Å². The number of carbonyl (C=O) groups is 2. The molecule has 4 rings (SSSR count). The number of amides is 3. The lowest BCUT2D eigenvalue weighted by Gasteiger charge is -2.26. The molecule has 30 heavy (non-hydrogen) atoms. The minimum absolute atomic E-state index is 0.146. The number of hydrogen-bond donors (Lipinski definition) is 2. The fourth-order valence-electron chi connectivity index (χ4n) is 4.52. The molecular formula is C23H31N3O4. The molecule has 0 radical (unpaired) electrons. The molecule has 7 nitrogen and oxygen atoms in total. The fraction of sp³-hybridized carbons (Fsp3) is 0.565. The number of nitrogens with zero attached hydrogens (tertiary/aromatic N) is 1. The van der Waals surface area contributed by atoms with Crippen molar-refractivity contribution < 1.29 is 19.1 Å². The number of benzene rings is 1. The zero-order valence-electron chi connectivity index (χ0n) is 17.5. The van der Waals surface area contributed by atoms with Gasteiger partial charge >= 0.3 is 6.03 Å². The van der Waals surface area contributed by atoms with Crippen LogP contribution in [0, 0.1) is 0 Å². The Kier molecular flexibility index (Phi) is 6.89. The number of nitrogens with one attached hydrogen (secondary N) is 2. The summed E-state index contributed by atoms with van der Waals surface area (Å²) in [5.74, 6) is 1.27. The van der Waals surface area contributed by atoms with Crippen molar-refractivity contribution in [2.24, 2.45) is 0 Å². The van der Waals surface area contributed by atoms with Gasteiger partial charge in [0.25, 0.3) is 0 Å². The number of urea groups is 1. The summed E-state index contributed by atoms with van der Waals surface area (Å²) in [7, 11) is 0. The van der Waals surface area contributed by atoms with E-state index < -0.39 is 6.03 Å². The van der Waals surface area contributed by atoms with Gasteiger partial charge in [0.05, 0.1) is 6.54 Å². The molecule has 1 aliphatic carbocycles. The molecule has 1 aromatic rings. The molecule has 0 bridgehead atoms. The fourth-order valence-corrected chi connectivity index (χ4v) is 4.52. The van der Waals surface area contributed by atoms with Gasteiger partial charge in [-0.2, -0.15) is 0 Å². The lowest BCUT2D eigenvalue weighted by molar-refractivity contribution is -0.121. The van der Waals surface area contributed by atoms with Crippen LogP contribution in [-0.4, -0.2) is 49.7 Å². The first kappa shape index (κ1) is 20.7. The zero-order valence-corrected chi connectivity index (χ0v) is 17.5. The van der Waals surface area contributed by atoms with Crippen molar-refractivity contribution in [3.05, 3.63) is 35.4 Å². The minimum atomic E-state index is -0.411. The molecule has 0 unspecified atom stereocenters. The molecule has 7 heteroatoms. The van der Waals surface area contributed by atoms with E-state index >= 15 is 0 Å². The Morgan fingerprint density at radius 1 is 1.10 bits per heavy atom. The van der Waals surface area contributed by atoms with E-state index in [-0.39, 0.29) is 18.5 Å². The largest absolute Gasteiger partial charge is 0.486 e. The average molecular weight is 414 g/mol. The maximum absolute atomic E-state index is 12.4. The van der Waals surface area contributed by atoms with Crippen LogP contribution in [0.2, 0.25) is 0 Å². The van der Waals surface area contributed by atoms with Crippen LogP contribution in [0.5, 0.6) is 11.5 Å². The van der Waals surface area contributed by atoms with Crippen LogP contribution in [0.15, 0.2) is 29.8 Å². The first-order valence-electron chi connectivity index (χ1n) is 11.1. The van der Waals surface area contributed by atoms with Crippen molar-refractivity contribution in [1.82, 2.24) is 15.5 Å². The molecule has 162 valence electrons. The van der Waals surface area contributed by atoms with Crippen molar-refractivity contribution in [2.45, 2.75) is 51.0 Å². The summed E-state index contributed by atoms with van der Waals surface area (Å²) >= 11 is 0. The maximum Gasteiger partial charge on any atom is 0.321 e. The molecule has 2 heterocycles. The Labute approximate surface area is 177 Å². The van der Waals surface area contributed by atoms with Crippen molar-refractivity contribution in [3.63, 3.8) is 0 Å². The van der Waals surface area contributed by atoms with Crippen LogP contribution in [0.4, 0.5) is 4.79 Å². The number of fused-ring (bicyclic) bond motifs is 1. The van der Waals surface area contributed by atoms with E-state index in [0.717, 1.165) is 55.7 Å². The second kappa shape index (κ2) is 9.98. The van der Waals surface area contributed by atoms with E-state index in [1.165, 1.54) is 18.4 Å². The lowest BCUT2D eigenvalue weighted by atomic mass is 9.97. The maximum atomic E-state index is 12.4. The highest BCUT2D eigenvalue weighted by Gasteiger charge is 2.29. The molecule has 2 N–H and O–H groups in total. The van der Waals surface area contributed by atoms with Gasteiger partial charge in [-0.3, -0.25) is 15.0 Å². The SMILES string of the molecule is O=C(CN1CCC[C@H]1c1ccc2c(c1)OCCO2)NC(=O)NCCC1=CCCCC1. The molecule has 3 aliphatic rings. The summed E-state index contributed by atoms with van der Waals surface area (Å²) in [4.78, 5) is 26.6. The van der Waals surface area contributed by atoms with Crippen LogP contribution in [0.1, 0.15) is 56.6 Å². The Morgan fingerprint density at radius 2 is 1.97 bits per heavy atom. The Morgan fingerprint density at radius 3 is 2.80 bits per heavy atom. The number of imide groups is 1. The molecule has 1 atom stereocenters. The second-order valence-corrected chi connectivity index (χ2v) is 8.19. The van der Waals surface area contributed by atoms with Gasteiger partial charge in [0.15, 0.2) is 11.5 Å². The van der Waals surface area contributed by atoms with E-state index in [9.17, 15) is 9.59 Å². The topological polar surface area (TPSA) is 79.9 Å². The van der Waals surface area contributed by atoms with Crippen molar-refractivity contribution in [3.8, 4) is 11.5 Å². The first-order chi connectivity index (χ1) is 14.7. The smallest absolute Gasteiger partial charge is 0.321 e. The molecule has 1 fully saturated rings. The first-order valence-corrected chi connectivity index (χ1v) is 11.1. The van der Waals surface area contributed by atoms with Gasteiger partial charge in [0.1, 0.15) is 13.2 Å². The predicted molar refractivity (Wildman–Crippen MR) is 114 cm³/mol. The monoisotopic (exact) mass is 413 g/mol. The molecule has 0 saturated carbocycles. The highest BCUT2D eigenvalue weighted by Crippen LogP contribution is 2.37. The van der Waals surface area contributed by atoms with Gasteiger partial charge in [-0.25, -0.2) is 4.79 Å². The van der Waals surface area contributed by atoms with E-state index in [4.69, 9.17) is 9.47 Å². The third-order valence-electron chi connectivity index (χ3n) is 6.03. The summed E-state index contributed by atoms with van der Waals surface area (Å²) in [6, 6.07) is 5.73. The van der Waals surface area contributed by atoms with E-state index in [0.29, 0.717) is 19.8 Å². The van der Waals surface area contributed by atoms with Crippen molar-refractivity contribution >= 4 is 11.9 Å². The molecule has 1 aromatic carbocycles. The molecule has 0 spiro atoms. The van der Waals surface area contributed by atoms with Gasteiger partial charge in [0, 0.05) is 12.6 Å². The summed E-state index contributed by atoms with van der Waals surface area (Å²) in [5, 5.41) is 5.27. The van der Waals surface area contributed by atoms with E-state index in [1.807, 2.05) is 18.2 Å². The quantitative estimate of drug-likeness (QED) is 0.700. The standard InChI is InChI=1S/C23H31N3O4/c27-22(25-23(28)24-11-10-17-5-2-1-3-6-17)16-26-12-4-7-19(26)18-8-9-20-21(15-18)30-14-13-29-20/h5,8-9,15,19H,1-4,6-7,10-14,16H2,(H2,24,25,27,28)/t19-/m0/s1. The number of rotatable bonds is 6. The number of allylic oxidation sites excluding steroid dienone is 1. The van der Waals surface area contributed by atoms with Gasteiger partial charge in [-0.15, -0.1) is 0 Å². The number of likely N-dealkylation sites (tertiary alicyclic amines) is 1. The van der Waals surface area contributed by atoms with Crippen LogP contribution in [0.3, 0.4) is 0 Å². The third-order valence-corrected chi connectivity index (χ3v) is 6.03. The number of ether oxygens (including phenoxy) is 2. The van der Waals surface area contributed by atoms with Crippen molar-refractivity contribution in [2.75, 3.05) is 32.8 Å². The summed E-state index contributed by atoms with van der Waals surface area (Å²) < 4.78 is 11.3. The van der Waals surface area contributed by atoms with Crippen LogP contribution in [0.25, 0.3) is 0 Å². The number of hydrogen-bond acceptors (Lipinski definition) is 5. The van der Waals surface area contributed by atoms with Crippen LogP contribution < -0.4 is 20.1 Å². The molecule has 1 saturated heterocycles. The van der Waals surface area contributed by atoms with Gasteiger partial charge in [-0.1, -0.05) is 17.7 Å². The second-order valence-electron chi connectivity index (χ2n) is 8.19. The van der Waals surface area contributed by atoms with Gasteiger partial charge in [0.2, 0.25) is 5.91 Å². The Balaban J connectivity index is 1.25. The zero-order chi connectivity index (χ0) is 20.8. The highest BCUT2D eigenvalue weighted by atomic mass is 16.6. The average Bonchev–Trinajstić information content (AvgIpc) is 3.22. The van der Waals surface area contributed by atoms with E-state index in [1.54, 1.807) is 0 Å². The summed E-state index contributed by atoms with van der Waals surface area (Å²) in [5.41, 5.74) is 2.53. The normalized spacial score (nSPS) is 21.1. The van der Waals surface area contributed by atoms with Crippen molar-refractivity contribution in [1.29, 1.82) is 0 Å². The minimum Gasteiger partial charge on any atom is -0.486 e. The van der Waals surface area contributed by atoms with Crippen LogP contribution in [-0.2, 0) is 4.79 Å². The predicted octanol–water partition coefficient (Wildman–Crippen LogP) is 3.31. The highest BCUT2D eigenvalue weighted by molar-refractivity contribution is 5.95. The van der Waals surface area contributed by atoms with E-state index in [2.05, 4.69) is 21.6 Å². The molecule has 3 amide bonds. The molecule has 0 aromatic heterocycles. The third kappa shape index (κ3) is 5.33. The van der Waals surface area contributed by atoms with Gasteiger partial charge in [-0.05, 0) is 69.2 Å². The summed E-state index contributed by atoms with van der Waals surface area (Å²) in [6.07, 6.45) is 9.90. The lowest BCUT2D eigenvalue weighted by Crippen LogP contribution is -2.44. The van der Waals surface area contributed by atoms with Gasteiger partial charge < -0.3 is 14.8 Å². The Hall–Kier alpha value is -2.54. The molecule has 2 aliphatic heterocycles.